The highest BCUT2D eigenvalue weighted by atomic mass is 35.5. The Bertz CT molecular complexity index is 743. The summed E-state index contributed by atoms with van der Waals surface area (Å²) in [4.78, 5) is 2.12. The lowest BCUT2D eigenvalue weighted by molar-refractivity contribution is -0.0459. The van der Waals surface area contributed by atoms with Crippen molar-refractivity contribution in [1.29, 1.82) is 0 Å². The molecule has 3 rings (SSSR count). The zero-order chi connectivity index (χ0) is 18.5. The lowest BCUT2D eigenvalue weighted by Crippen LogP contribution is -2.43. The number of para-hydroxylation sites is 1. The number of halogens is 2. The third-order valence-corrected chi connectivity index (χ3v) is 4.75. The second-order valence-corrected chi connectivity index (χ2v) is 6.93. The Morgan fingerprint density at radius 1 is 1.35 bits per heavy atom. The Kier molecular flexibility index (Phi) is 6.48. The molecule has 0 bridgehead atoms. The summed E-state index contributed by atoms with van der Waals surface area (Å²) < 4.78 is 24.8. The van der Waals surface area contributed by atoms with Gasteiger partial charge in [-0.1, -0.05) is 35.9 Å². The largest absolute Gasteiger partial charge is 0.491 e. The Morgan fingerprint density at radius 3 is 2.92 bits per heavy atom. The summed E-state index contributed by atoms with van der Waals surface area (Å²) in [6.45, 7) is 4.58. The average Bonchev–Trinajstić information content (AvgIpc) is 2.63. The van der Waals surface area contributed by atoms with Crippen LogP contribution in [0.15, 0.2) is 42.5 Å². The van der Waals surface area contributed by atoms with Gasteiger partial charge in [0.1, 0.15) is 24.3 Å². The first-order valence-electron chi connectivity index (χ1n) is 8.68. The first-order chi connectivity index (χ1) is 12.5. The highest BCUT2D eigenvalue weighted by Crippen LogP contribution is 2.26. The molecule has 140 valence electrons. The van der Waals surface area contributed by atoms with Gasteiger partial charge in [0.15, 0.2) is 0 Å². The van der Waals surface area contributed by atoms with Gasteiger partial charge in [0.05, 0.1) is 17.7 Å². The molecule has 1 N–H and O–H groups in total. The molecule has 0 aromatic heterocycles. The van der Waals surface area contributed by atoms with Crippen LogP contribution >= 0.6 is 11.6 Å². The van der Waals surface area contributed by atoms with Crippen LogP contribution in [0.5, 0.6) is 5.75 Å². The molecule has 1 saturated heterocycles. The van der Waals surface area contributed by atoms with Gasteiger partial charge in [-0.3, -0.25) is 4.90 Å². The van der Waals surface area contributed by atoms with Gasteiger partial charge in [0.25, 0.3) is 0 Å². The van der Waals surface area contributed by atoms with Gasteiger partial charge < -0.3 is 14.6 Å². The summed E-state index contributed by atoms with van der Waals surface area (Å²) >= 11 is 5.87. The van der Waals surface area contributed by atoms with Crippen molar-refractivity contribution >= 4 is 11.6 Å². The number of ether oxygens (including phenoxy) is 2. The lowest BCUT2D eigenvalue weighted by Gasteiger charge is -2.34. The lowest BCUT2D eigenvalue weighted by atomic mass is 10.1. The zero-order valence-electron chi connectivity index (χ0n) is 14.7. The first kappa shape index (κ1) is 19.1. The highest BCUT2D eigenvalue weighted by molar-refractivity contribution is 6.30. The van der Waals surface area contributed by atoms with Crippen LogP contribution < -0.4 is 4.74 Å². The molecule has 0 aliphatic carbocycles. The molecule has 1 aliphatic heterocycles. The minimum Gasteiger partial charge on any atom is -0.491 e. The van der Waals surface area contributed by atoms with E-state index in [0.717, 1.165) is 23.4 Å². The quantitative estimate of drug-likeness (QED) is 0.832. The van der Waals surface area contributed by atoms with E-state index in [-0.39, 0.29) is 17.7 Å². The van der Waals surface area contributed by atoms with Crippen molar-refractivity contribution < 1.29 is 19.0 Å². The second-order valence-electron chi connectivity index (χ2n) is 6.52. The maximum Gasteiger partial charge on any atom is 0.141 e. The molecule has 2 aromatic rings. The summed E-state index contributed by atoms with van der Waals surface area (Å²) in [5.41, 5.74) is 1.88. The van der Waals surface area contributed by atoms with Crippen LogP contribution in [0.2, 0.25) is 5.02 Å². The number of morpholine rings is 1. The number of rotatable bonds is 6. The van der Waals surface area contributed by atoms with Crippen molar-refractivity contribution in [2.45, 2.75) is 19.1 Å². The summed E-state index contributed by atoms with van der Waals surface area (Å²) in [5, 5.41) is 10.4. The third-order valence-electron chi connectivity index (χ3n) is 4.46. The molecule has 1 fully saturated rings. The zero-order valence-corrected chi connectivity index (χ0v) is 15.5. The molecule has 2 aromatic carbocycles. The van der Waals surface area contributed by atoms with Gasteiger partial charge in [-0.15, -0.1) is 0 Å². The number of β-amino-alcohol motifs (C(OH)–C–C–N with tert-alkyl or cyclic N) is 1. The van der Waals surface area contributed by atoms with Crippen molar-refractivity contribution in [3.8, 4) is 5.75 Å². The van der Waals surface area contributed by atoms with Gasteiger partial charge in [-0.05, 0) is 36.2 Å². The molecule has 26 heavy (non-hydrogen) atoms. The molecular weight excluding hydrogens is 357 g/mol. The van der Waals surface area contributed by atoms with Crippen molar-refractivity contribution in [2.75, 3.05) is 32.8 Å². The molecule has 0 spiro atoms. The molecule has 0 radical (unpaired) electrons. The van der Waals surface area contributed by atoms with Crippen LogP contribution in [0, 0.1) is 12.7 Å². The van der Waals surface area contributed by atoms with Crippen molar-refractivity contribution in [3.05, 3.63) is 64.4 Å². The number of nitrogens with zero attached hydrogens (tertiary/aromatic N) is 1. The van der Waals surface area contributed by atoms with Gasteiger partial charge in [0.2, 0.25) is 0 Å². The third kappa shape index (κ3) is 4.95. The Balaban J connectivity index is 1.52. The van der Waals surface area contributed by atoms with E-state index < -0.39 is 11.9 Å². The number of aryl methyl sites for hydroxylation is 1. The molecular formula is C20H23ClFNO3. The predicted molar refractivity (Wildman–Crippen MR) is 99.2 cm³/mol. The van der Waals surface area contributed by atoms with Crippen molar-refractivity contribution in [2.24, 2.45) is 0 Å². The number of aliphatic hydroxyl groups is 1. The monoisotopic (exact) mass is 379 g/mol. The Hall–Kier alpha value is -1.66. The van der Waals surface area contributed by atoms with E-state index in [0.29, 0.717) is 19.7 Å². The normalized spacial score (nSPS) is 19.3. The minimum atomic E-state index is -0.606. The molecule has 0 amide bonds. The smallest absolute Gasteiger partial charge is 0.141 e. The average molecular weight is 380 g/mol. The van der Waals surface area contributed by atoms with E-state index in [2.05, 4.69) is 4.90 Å². The predicted octanol–water partition coefficient (Wildman–Crippen LogP) is 3.60. The highest BCUT2D eigenvalue weighted by Gasteiger charge is 2.24. The maximum atomic E-state index is 13.3. The topological polar surface area (TPSA) is 41.9 Å². The molecule has 1 heterocycles. The van der Waals surface area contributed by atoms with Crippen LogP contribution in [0.25, 0.3) is 0 Å². The summed E-state index contributed by atoms with van der Waals surface area (Å²) in [6, 6.07) is 12.4. The van der Waals surface area contributed by atoms with Crippen molar-refractivity contribution in [1.82, 2.24) is 4.90 Å². The summed E-state index contributed by atoms with van der Waals surface area (Å²) in [5.74, 6) is 0.346. The van der Waals surface area contributed by atoms with E-state index in [4.69, 9.17) is 21.1 Å². The van der Waals surface area contributed by atoms with Gasteiger partial charge >= 0.3 is 0 Å². The van der Waals surface area contributed by atoms with Crippen molar-refractivity contribution in [3.63, 3.8) is 0 Å². The van der Waals surface area contributed by atoms with Crippen LogP contribution in [0.1, 0.15) is 17.2 Å². The van der Waals surface area contributed by atoms with E-state index in [1.54, 1.807) is 12.1 Å². The first-order valence-corrected chi connectivity index (χ1v) is 9.06. The van der Waals surface area contributed by atoms with Crippen LogP contribution in [-0.4, -0.2) is 49.0 Å². The fourth-order valence-corrected chi connectivity index (χ4v) is 3.23. The van der Waals surface area contributed by atoms with E-state index in [9.17, 15) is 9.50 Å². The van der Waals surface area contributed by atoms with Crippen LogP contribution in [0.3, 0.4) is 0 Å². The standard InChI is InChI=1S/C20H23ClFNO3/c1-14-4-2-3-5-19(14)26-13-16(24)11-23-8-9-25-20(12-23)15-6-7-18(22)17(21)10-15/h2-7,10,16,20,24H,8-9,11-13H2,1H3. The summed E-state index contributed by atoms with van der Waals surface area (Å²) in [7, 11) is 0. The number of aliphatic hydroxyl groups excluding tert-OH is 1. The molecule has 0 saturated carbocycles. The number of hydrogen-bond acceptors (Lipinski definition) is 4. The number of benzene rings is 2. The fourth-order valence-electron chi connectivity index (χ4n) is 3.04. The molecule has 4 nitrogen and oxygen atoms in total. The van der Waals surface area contributed by atoms with Crippen LogP contribution in [-0.2, 0) is 4.74 Å². The minimum absolute atomic E-state index is 0.0925. The molecule has 2 unspecified atom stereocenters. The van der Waals surface area contributed by atoms with Gasteiger partial charge in [-0.2, -0.15) is 0 Å². The Morgan fingerprint density at radius 2 is 2.15 bits per heavy atom. The van der Waals surface area contributed by atoms with Gasteiger partial charge in [-0.25, -0.2) is 4.39 Å². The van der Waals surface area contributed by atoms with E-state index in [1.807, 2.05) is 31.2 Å². The Labute approximate surface area is 158 Å². The van der Waals surface area contributed by atoms with Gasteiger partial charge in [0, 0.05) is 19.6 Å². The number of hydrogen-bond donors (Lipinski definition) is 1. The van der Waals surface area contributed by atoms with Crippen LogP contribution in [0.4, 0.5) is 4.39 Å². The molecule has 1 aliphatic rings. The maximum absolute atomic E-state index is 13.3. The summed E-state index contributed by atoms with van der Waals surface area (Å²) in [6.07, 6.45) is -0.795. The molecule has 2 atom stereocenters. The van der Waals surface area contributed by atoms with E-state index >= 15 is 0 Å². The van der Waals surface area contributed by atoms with E-state index in [1.165, 1.54) is 6.07 Å². The second kappa shape index (κ2) is 8.82. The fraction of sp³-hybridized carbons (Fsp3) is 0.400. The SMILES string of the molecule is Cc1ccccc1OCC(O)CN1CCOC(c2ccc(F)c(Cl)c2)C1. The molecule has 6 heteroatoms.